The predicted molar refractivity (Wildman–Crippen MR) is 50.3 cm³/mol. The molecule has 0 spiro atoms. The molecule has 0 bridgehead atoms. The molecule has 2 saturated carbocycles. The number of aliphatic hydroxyl groups excluding tert-OH is 1. The second-order valence-corrected chi connectivity index (χ2v) is 4.89. The van der Waals surface area contributed by atoms with Gasteiger partial charge in [-0.15, -0.1) is 0 Å². The van der Waals surface area contributed by atoms with Crippen LogP contribution in [0.1, 0.15) is 45.4 Å². The van der Waals surface area contributed by atoms with Gasteiger partial charge in [0.1, 0.15) is 5.78 Å². The van der Waals surface area contributed by atoms with Gasteiger partial charge in [-0.25, -0.2) is 0 Å². The third-order valence-corrected chi connectivity index (χ3v) is 4.14. The molecule has 0 aromatic heterocycles. The third-order valence-electron chi connectivity index (χ3n) is 4.14. The number of carbonyl (C=O) groups excluding carboxylic acids is 1. The number of aliphatic hydroxyl groups is 1. The minimum absolute atomic E-state index is 0.0478. The van der Waals surface area contributed by atoms with Crippen LogP contribution in [0.15, 0.2) is 0 Å². The fourth-order valence-corrected chi connectivity index (χ4v) is 2.98. The standard InChI is InChI=1S/C11H18O2/c1-11-6-5-9(12)7-8(11)3-2-4-10(11)13/h8,10,13H,2-7H2,1H3/t8-,10+,11-/m1/s1. The van der Waals surface area contributed by atoms with Crippen LogP contribution in [0.5, 0.6) is 0 Å². The van der Waals surface area contributed by atoms with Crippen molar-refractivity contribution in [3.63, 3.8) is 0 Å². The Bertz CT molecular complexity index is 224. The van der Waals surface area contributed by atoms with Gasteiger partial charge in [0.05, 0.1) is 6.10 Å². The molecule has 0 heterocycles. The molecule has 2 fully saturated rings. The van der Waals surface area contributed by atoms with Crippen molar-refractivity contribution in [3.05, 3.63) is 0 Å². The summed E-state index contributed by atoms with van der Waals surface area (Å²) in [4.78, 5) is 11.3. The van der Waals surface area contributed by atoms with Gasteiger partial charge in [0.2, 0.25) is 0 Å². The number of fused-ring (bicyclic) bond motifs is 1. The van der Waals surface area contributed by atoms with Crippen molar-refractivity contribution < 1.29 is 9.90 Å². The molecule has 2 aliphatic rings. The predicted octanol–water partition coefficient (Wildman–Crippen LogP) is 1.91. The minimum Gasteiger partial charge on any atom is -0.393 e. The molecular weight excluding hydrogens is 164 g/mol. The molecule has 0 aromatic rings. The second-order valence-electron chi connectivity index (χ2n) is 4.89. The molecule has 2 aliphatic carbocycles. The summed E-state index contributed by atoms with van der Waals surface area (Å²) in [6.07, 6.45) is 5.30. The molecule has 0 aliphatic heterocycles. The van der Waals surface area contributed by atoms with Crippen LogP contribution in [0.2, 0.25) is 0 Å². The van der Waals surface area contributed by atoms with Crippen LogP contribution in [0, 0.1) is 11.3 Å². The lowest BCUT2D eigenvalue weighted by atomic mass is 9.59. The van der Waals surface area contributed by atoms with Gasteiger partial charge in [0.15, 0.2) is 0 Å². The van der Waals surface area contributed by atoms with Crippen LogP contribution in [-0.4, -0.2) is 17.0 Å². The van der Waals surface area contributed by atoms with Crippen molar-refractivity contribution in [1.82, 2.24) is 0 Å². The summed E-state index contributed by atoms with van der Waals surface area (Å²) in [5, 5.41) is 9.94. The molecule has 3 atom stereocenters. The van der Waals surface area contributed by atoms with Gasteiger partial charge in [-0.3, -0.25) is 4.79 Å². The molecule has 74 valence electrons. The van der Waals surface area contributed by atoms with Crippen LogP contribution >= 0.6 is 0 Å². The van der Waals surface area contributed by atoms with Gasteiger partial charge in [-0.05, 0) is 30.6 Å². The molecule has 2 heteroatoms. The number of hydrogen-bond acceptors (Lipinski definition) is 2. The fraction of sp³-hybridized carbons (Fsp3) is 0.909. The Morgan fingerprint density at radius 2 is 2.23 bits per heavy atom. The van der Waals surface area contributed by atoms with E-state index >= 15 is 0 Å². The fourth-order valence-electron chi connectivity index (χ4n) is 2.98. The average molecular weight is 182 g/mol. The van der Waals surface area contributed by atoms with Crippen LogP contribution < -0.4 is 0 Å². The molecule has 13 heavy (non-hydrogen) atoms. The maximum atomic E-state index is 11.3. The van der Waals surface area contributed by atoms with E-state index in [-0.39, 0.29) is 11.5 Å². The Kier molecular flexibility index (Phi) is 2.18. The second kappa shape index (κ2) is 3.09. The van der Waals surface area contributed by atoms with Gasteiger partial charge < -0.3 is 5.11 Å². The summed E-state index contributed by atoms with van der Waals surface area (Å²) in [5.74, 6) is 0.856. The van der Waals surface area contributed by atoms with E-state index in [9.17, 15) is 9.90 Å². The van der Waals surface area contributed by atoms with Crippen molar-refractivity contribution in [2.75, 3.05) is 0 Å². The topological polar surface area (TPSA) is 37.3 Å². The first-order valence-corrected chi connectivity index (χ1v) is 5.33. The molecule has 0 radical (unpaired) electrons. The number of carbonyl (C=O) groups is 1. The molecule has 0 saturated heterocycles. The zero-order valence-corrected chi connectivity index (χ0v) is 8.25. The van der Waals surface area contributed by atoms with E-state index in [4.69, 9.17) is 0 Å². The Morgan fingerprint density at radius 1 is 1.46 bits per heavy atom. The van der Waals surface area contributed by atoms with Crippen molar-refractivity contribution >= 4 is 5.78 Å². The first kappa shape index (κ1) is 9.20. The lowest BCUT2D eigenvalue weighted by Crippen LogP contribution is -2.46. The van der Waals surface area contributed by atoms with Gasteiger partial charge in [-0.2, -0.15) is 0 Å². The molecule has 1 N–H and O–H groups in total. The highest BCUT2D eigenvalue weighted by Crippen LogP contribution is 2.49. The van der Waals surface area contributed by atoms with E-state index in [1.165, 1.54) is 0 Å². The smallest absolute Gasteiger partial charge is 0.133 e. The summed E-state index contributed by atoms with van der Waals surface area (Å²) in [6, 6.07) is 0. The molecule has 0 unspecified atom stereocenters. The zero-order valence-electron chi connectivity index (χ0n) is 8.25. The van der Waals surface area contributed by atoms with Gasteiger partial charge in [0, 0.05) is 12.8 Å². The summed E-state index contributed by atoms with van der Waals surface area (Å²) in [5.41, 5.74) is 0.0478. The van der Waals surface area contributed by atoms with E-state index in [0.29, 0.717) is 24.5 Å². The quantitative estimate of drug-likeness (QED) is 0.621. The van der Waals surface area contributed by atoms with Gasteiger partial charge in [0.25, 0.3) is 0 Å². The first-order chi connectivity index (χ1) is 6.13. The summed E-state index contributed by atoms with van der Waals surface area (Å²) in [6.45, 7) is 2.16. The molecule has 2 rings (SSSR count). The van der Waals surface area contributed by atoms with E-state index in [2.05, 4.69) is 6.92 Å². The van der Waals surface area contributed by atoms with Crippen LogP contribution in [-0.2, 0) is 4.79 Å². The average Bonchev–Trinajstić information content (AvgIpc) is 2.09. The Morgan fingerprint density at radius 3 is 3.00 bits per heavy atom. The highest BCUT2D eigenvalue weighted by atomic mass is 16.3. The van der Waals surface area contributed by atoms with Crippen molar-refractivity contribution in [2.24, 2.45) is 11.3 Å². The third kappa shape index (κ3) is 1.41. The number of ketones is 1. The van der Waals surface area contributed by atoms with Gasteiger partial charge >= 0.3 is 0 Å². The lowest BCUT2D eigenvalue weighted by Gasteiger charge is -2.47. The summed E-state index contributed by atoms with van der Waals surface area (Å²) < 4.78 is 0. The first-order valence-electron chi connectivity index (χ1n) is 5.33. The van der Waals surface area contributed by atoms with Crippen LogP contribution in [0.3, 0.4) is 0 Å². The maximum absolute atomic E-state index is 11.3. The SMILES string of the molecule is C[C@@]12CCC(=O)C[C@H]1CCC[C@@H]2O. The minimum atomic E-state index is -0.167. The van der Waals surface area contributed by atoms with Gasteiger partial charge in [-0.1, -0.05) is 13.3 Å². The highest BCUT2D eigenvalue weighted by molar-refractivity contribution is 5.79. The van der Waals surface area contributed by atoms with Crippen LogP contribution in [0.4, 0.5) is 0 Å². The van der Waals surface area contributed by atoms with E-state index in [0.717, 1.165) is 25.7 Å². The van der Waals surface area contributed by atoms with Crippen molar-refractivity contribution in [2.45, 2.75) is 51.6 Å². The Labute approximate surface area is 79.3 Å². The zero-order chi connectivity index (χ0) is 9.47. The lowest BCUT2D eigenvalue weighted by molar-refractivity contribution is -0.131. The van der Waals surface area contributed by atoms with Crippen LogP contribution in [0.25, 0.3) is 0 Å². The molecular formula is C11H18O2. The normalized spacial score (nSPS) is 45.8. The van der Waals surface area contributed by atoms with E-state index in [1.54, 1.807) is 0 Å². The van der Waals surface area contributed by atoms with Crippen molar-refractivity contribution in [1.29, 1.82) is 0 Å². The Balaban J connectivity index is 2.17. The monoisotopic (exact) mass is 182 g/mol. The number of Topliss-reactive ketones (excluding diaryl/α,β-unsaturated/α-hetero) is 1. The molecule has 0 amide bonds. The Hall–Kier alpha value is -0.370. The number of rotatable bonds is 0. The van der Waals surface area contributed by atoms with Crippen molar-refractivity contribution in [3.8, 4) is 0 Å². The highest BCUT2D eigenvalue weighted by Gasteiger charge is 2.46. The van der Waals surface area contributed by atoms with E-state index in [1.807, 2.05) is 0 Å². The van der Waals surface area contributed by atoms with E-state index < -0.39 is 0 Å². The largest absolute Gasteiger partial charge is 0.393 e. The summed E-state index contributed by atoms with van der Waals surface area (Å²) in [7, 11) is 0. The number of hydrogen-bond donors (Lipinski definition) is 1. The molecule has 0 aromatic carbocycles. The maximum Gasteiger partial charge on any atom is 0.133 e. The molecule has 2 nitrogen and oxygen atoms in total. The summed E-state index contributed by atoms with van der Waals surface area (Å²) >= 11 is 0.